The minimum atomic E-state index is -0.538. The van der Waals surface area contributed by atoms with Crippen molar-refractivity contribution >= 4 is 34.4 Å². The number of halogens is 1. The third kappa shape index (κ3) is 4.55. The van der Waals surface area contributed by atoms with Crippen LogP contribution in [0.1, 0.15) is 45.0 Å². The molecule has 0 saturated carbocycles. The molecule has 1 atom stereocenters. The van der Waals surface area contributed by atoms with E-state index in [9.17, 15) is 0 Å². The predicted octanol–water partition coefficient (Wildman–Crippen LogP) is 3.95. The van der Waals surface area contributed by atoms with Crippen LogP contribution in [-0.2, 0) is 16.8 Å². The smallest absolute Gasteiger partial charge is 0.228 e. The molecule has 1 saturated heterocycles. The molecule has 11 heteroatoms. The van der Waals surface area contributed by atoms with Gasteiger partial charge < -0.3 is 15.8 Å². The van der Waals surface area contributed by atoms with E-state index in [2.05, 4.69) is 30.5 Å². The van der Waals surface area contributed by atoms with Crippen molar-refractivity contribution < 1.29 is 4.74 Å². The molecule has 1 aliphatic heterocycles. The first-order chi connectivity index (χ1) is 16.4. The third-order valence-corrected chi connectivity index (χ3v) is 6.13. The minimum absolute atomic E-state index is 0.0541. The summed E-state index contributed by atoms with van der Waals surface area (Å²) in [6.07, 6.45) is 6.88. The van der Waals surface area contributed by atoms with E-state index in [1.807, 2.05) is 59.9 Å². The number of rotatable bonds is 7. The van der Waals surface area contributed by atoms with Crippen LogP contribution >= 0.6 is 11.6 Å². The van der Waals surface area contributed by atoms with Gasteiger partial charge in [-0.05, 0) is 45.2 Å². The maximum atomic E-state index is 6.06. The lowest BCUT2D eigenvalue weighted by Crippen LogP contribution is -2.30. The van der Waals surface area contributed by atoms with Crippen molar-refractivity contribution in [3.05, 3.63) is 42.4 Å². The number of hydrogen-bond acceptors (Lipinski definition) is 8. The SMILES string of the molecule is CC(C)(Nc1nc(N)nc(-c2ccc3cnn(C4CCCCO4)c3c2)n1)c1ccn(CCCl)n1. The van der Waals surface area contributed by atoms with E-state index in [1.54, 1.807) is 0 Å². The molecule has 1 fully saturated rings. The molecule has 34 heavy (non-hydrogen) atoms. The largest absolute Gasteiger partial charge is 0.368 e. The number of nitrogens with zero attached hydrogens (tertiary/aromatic N) is 7. The zero-order valence-electron chi connectivity index (χ0n) is 19.3. The summed E-state index contributed by atoms with van der Waals surface area (Å²) in [4.78, 5) is 13.4. The quantitative estimate of drug-likeness (QED) is 0.380. The summed E-state index contributed by atoms with van der Waals surface area (Å²) in [6.45, 7) is 5.42. The number of nitrogens with one attached hydrogen (secondary N) is 1. The molecule has 5 rings (SSSR count). The lowest BCUT2D eigenvalue weighted by molar-refractivity contribution is -0.0366. The van der Waals surface area contributed by atoms with E-state index in [-0.39, 0.29) is 12.2 Å². The second kappa shape index (κ2) is 9.19. The van der Waals surface area contributed by atoms with E-state index >= 15 is 0 Å². The topological polar surface area (TPSA) is 122 Å². The highest BCUT2D eigenvalue weighted by Gasteiger charge is 2.25. The molecule has 3 aromatic heterocycles. The van der Waals surface area contributed by atoms with Gasteiger partial charge in [0.1, 0.15) is 0 Å². The van der Waals surface area contributed by atoms with Crippen molar-refractivity contribution in [3.63, 3.8) is 0 Å². The Labute approximate surface area is 202 Å². The average molecular weight is 482 g/mol. The van der Waals surface area contributed by atoms with Crippen LogP contribution in [0.15, 0.2) is 36.7 Å². The fourth-order valence-electron chi connectivity index (χ4n) is 4.15. The number of aryl methyl sites for hydroxylation is 1. The number of fused-ring (bicyclic) bond motifs is 1. The Kier molecular flexibility index (Phi) is 6.09. The Bertz CT molecular complexity index is 1290. The molecule has 0 aliphatic carbocycles. The molecular weight excluding hydrogens is 454 g/mol. The highest BCUT2D eigenvalue weighted by molar-refractivity contribution is 6.17. The summed E-state index contributed by atoms with van der Waals surface area (Å²) in [5.41, 5.74) is 8.17. The van der Waals surface area contributed by atoms with E-state index in [0.29, 0.717) is 24.2 Å². The van der Waals surface area contributed by atoms with Crippen LogP contribution in [0.5, 0.6) is 0 Å². The number of alkyl halides is 1. The average Bonchev–Trinajstić information content (AvgIpc) is 3.46. The van der Waals surface area contributed by atoms with Crippen LogP contribution in [0, 0.1) is 0 Å². The maximum Gasteiger partial charge on any atom is 0.228 e. The molecule has 4 heterocycles. The van der Waals surface area contributed by atoms with Crippen LogP contribution in [0.3, 0.4) is 0 Å². The zero-order chi connectivity index (χ0) is 23.7. The fourth-order valence-corrected chi connectivity index (χ4v) is 4.32. The molecule has 0 amide bonds. The summed E-state index contributed by atoms with van der Waals surface area (Å²) >= 11 is 5.84. The molecule has 1 unspecified atom stereocenters. The van der Waals surface area contributed by atoms with Crippen LogP contribution < -0.4 is 11.1 Å². The lowest BCUT2D eigenvalue weighted by atomic mass is 10.0. The van der Waals surface area contributed by atoms with E-state index in [1.165, 1.54) is 0 Å². The monoisotopic (exact) mass is 481 g/mol. The summed E-state index contributed by atoms with van der Waals surface area (Å²) < 4.78 is 9.70. The number of ether oxygens (including phenoxy) is 1. The van der Waals surface area contributed by atoms with Crippen molar-refractivity contribution in [2.75, 3.05) is 23.5 Å². The second-order valence-corrected chi connectivity index (χ2v) is 9.31. The van der Waals surface area contributed by atoms with Crippen LogP contribution in [-0.4, -0.2) is 47.0 Å². The molecular formula is C23H28ClN9O. The molecule has 0 spiro atoms. The van der Waals surface area contributed by atoms with Gasteiger partial charge in [0.25, 0.3) is 0 Å². The van der Waals surface area contributed by atoms with Crippen molar-refractivity contribution in [1.29, 1.82) is 0 Å². The summed E-state index contributed by atoms with van der Waals surface area (Å²) in [7, 11) is 0. The van der Waals surface area contributed by atoms with Crippen molar-refractivity contribution in [2.24, 2.45) is 0 Å². The molecule has 10 nitrogen and oxygen atoms in total. The molecule has 178 valence electrons. The van der Waals surface area contributed by atoms with E-state index < -0.39 is 5.54 Å². The van der Waals surface area contributed by atoms with Gasteiger partial charge in [0.05, 0.1) is 29.5 Å². The molecule has 1 aromatic carbocycles. The summed E-state index contributed by atoms with van der Waals surface area (Å²) in [6, 6.07) is 7.95. The molecule has 1 aliphatic rings. The van der Waals surface area contributed by atoms with Gasteiger partial charge in [-0.3, -0.25) is 4.68 Å². The van der Waals surface area contributed by atoms with Gasteiger partial charge in [0, 0.05) is 29.6 Å². The second-order valence-electron chi connectivity index (χ2n) is 8.93. The number of nitrogen functional groups attached to an aromatic ring is 1. The minimum Gasteiger partial charge on any atom is -0.368 e. The number of hydrogen-bond donors (Lipinski definition) is 2. The predicted molar refractivity (Wildman–Crippen MR) is 131 cm³/mol. The number of anilines is 2. The molecule has 0 bridgehead atoms. The normalized spacial score (nSPS) is 16.7. The third-order valence-electron chi connectivity index (χ3n) is 5.96. The zero-order valence-corrected chi connectivity index (χ0v) is 20.0. The number of nitrogens with two attached hydrogens (primary N) is 1. The maximum absolute atomic E-state index is 6.06. The Morgan fingerprint density at radius 1 is 1.21 bits per heavy atom. The molecule has 4 aromatic rings. The van der Waals surface area contributed by atoms with Gasteiger partial charge in [0.2, 0.25) is 11.9 Å². The lowest BCUT2D eigenvalue weighted by Gasteiger charge is -2.24. The number of aromatic nitrogens is 7. The fraction of sp³-hybridized carbons (Fsp3) is 0.435. The summed E-state index contributed by atoms with van der Waals surface area (Å²) in [5, 5.41) is 13.6. The molecule has 0 radical (unpaired) electrons. The van der Waals surface area contributed by atoms with E-state index in [0.717, 1.165) is 48.0 Å². The number of benzene rings is 1. The first-order valence-corrected chi connectivity index (χ1v) is 12.0. The van der Waals surface area contributed by atoms with Gasteiger partial charge in [-0.2, -0.15) is 25.1 Å². The van der Waals surface area contributed by atoms with Gasteiger partial charge in [-0.25, -0.2) is 4.68 Å². The standard InChI is InChI=1S/C23H28ClN9O/c1-23(2,18-8-10-32(31-18)11-9-24)30-22-28-20(27-21(25)29-22)15-6-7-16-14-26-33(17(16)13-15)19-5-3-4-12-34-19/h6-8,10,13-14,19H,3-5,9,11-12H2,1-2H3,(H3,25,27,28,29,30). The highest BCUT2D eigenvalue weighted by Crippen LogP contribution is 2.29. The van der Waals surface area contributed by atoms with Gasteiger partial charge in [-0.15, -0.1) is 11.6 Å². The Morgan fingerprint density at radius 2 is 2.09 bits per heavy atom. The van der Waals surface area contributed by atoms with Crippen LogP contribution in [0.25, 0.3) is 22.3 Å². The van der Waals surface area contributed by atoms with Gasteiger partial charge >= 0.3 is 0 Å². The highest BCUT2D eigenvalue weighted by atomic mass is 35.5. The van der Waals surface area contributed by atoms with Crippen LogP contribution in [0.2, 0.25) is 0 Å². The van der Waals surface area contributed by atoms with Crippen molar-refractivity contribution in [2.45, 2.75) is 51.4 Å². The summed E-state index contributed by atoms with van der Waals surface area (Å²) in [5.74, 6) is 1.50. The Hall–Kier alpha value is -3.24. The Morgan fingerprint density at radius 3 is 2.88 bits per heavy atom. The van der Waals surface area contributed by atoms with Gasteiger partial charge in [-0.1, -0.05) is 12.1 Å². The van der Waals surface area contributed by atoms with Crippen molar-refractivity contribution in [1.82, 2.24) is 34.5 Å². The first-order valence-electron chi connectivity index (χ1n) is 11.4. The van der Waals surface area contributed by atoms with E-state index in [4.69, 9.17) is 22.1 Å². The van der Waals surface area contributed by atoms with Crippen molar-refractivity contribution in [3.8, 4) is 11.4 Å². The Balaban J connectivity index is 1.45. The van der Waals surface area contributed by atoms with Gasteiger partial charge in [0.15, 0.2) is 12.1 Å². The first kappa shape index (κ1) is 22.5. The van der Waals surface area contributed by atoms with Crippen LogP contribution in [0.4, 0.5) is 11.9 Å². The molecule has 3 N–H and O–H groups in total.